The smallest absolute Gasteiger partial charge is 0.178 e. The van der Waals surface area contributed by atoms with Crippen molar-refractivity contribution < 1.29 is 19.2 Å². The lowest BCUT2D eigenvalue weighted by atomic mass is 10.3. The molecule has 0 aliphatic heterocycles. The average Bonchev–Trinajstić information content (AvgIpc) is 2.76. The van der Waals surface area contributed by atoms with Crippen molar-refractivity contribution in [2.75, 3.05) is 0 Å². The normalized spacial score (nSPS) is 10.1. The quantitative estimate of drug-likeness (QED) is 0.270. The molecule has 0 aliphatic rings. The third-order valence-electron chi connectivity index (χ3n) is 3.84. The van der Waals surface area contributed by atoms with Crippen LogP contribution >= 0.6 is 0 Å². The summed E-state index contributed by atoms with van der Waals surface area (Å²) in [5, 5.41) is 0. The van der Waals surface area contributed by atoms with Gasteiger partial charge in [-0.15, -0.1) is 0 Å². The van der Waals surface area contributed by atoms with Gasteiger partial charge < -0.3 is 9.47 Å². The van der Waals surface area contributed by atoms with Crippen molar-refractivity contribution in [1.82, 2.24) is 0 Å². The largest absolute Gasteiger partial charge is 0.457 e. The maximum absolute atomic E-state index is 5.85. The Morgan fingerprint density at radius 2 is 0.571 bits per heavy atom. The van der Waals surface area contributed by atoms with Crippen molar-refractivity contribution in [3.8, 4) is 34.5 Å². The lowest BCUT2D eigenvalue weighted by molar-refractivity contribution is -0.0999. The molecule has 0 atom stereocenters. The molecule has 0 saturated heterocycles. The summed E-state index contributed by atoms with van der Waals surface area (Å²) in [7, 11) is 0. The van der Waals surface area contributed by atoms with E-state index in [4.69, 9.17) is 19.2 Å². The Morgan fingerprint density at radius 1 is 0.286 bits per heavy atom. The SMILES string of the molecule is c1ccc(OOc2ccc(Oc3ccc(Oc4ccccc4)cc3)cc2)cc1. The summed E-state index contributed by atoms with van der Waals surface area (Å²) in [5.74, 6) is 4.19. The summed E-state index contributed by atoms with van der Waals surface area (Å²) in [6.45, 7) is 0. The van der Waals surface area contributed by atoms with Gasteiger partial charge in [-0.05, 0) is 72.8 Å². The molecular formula is C24H18O4. The van der Waals surface area contributed by atoms with Gasteiger partial charge in [0.15, 0.2) is 11.5 Å². The molecule has 4 aromatic rings. The van der Waals surface area contributed by atoms with Crippen molar-refractivity contribution in [3.05, 3.63) is 109 Å². The van der Waals surface area contributed by atoms with Crippen LogP contribution in [0.25, 0.3) is 0 Å². The molecule has 0 bridgehead atoms. The van der Waals surface area contributed by atoms with Gasteiger partial charge in [0.2, 0.25) is 0 Å². The molecule has 0 radical (unpaired) electrons. The second-order valence-corrected chi connectivity index (χ2v) is 5.94. The zero-order valence-corrected chi connectivity index (χ0v) is 15.0. The summed E-state index contributed by atoms with van der Waals surface area (Å²) in [4.78, 5) is 10.6. The lowest BCUT2D eigenvalue weighted by Gasteiger charge is -2.09. The number of benzene rings is 4. The summed E-state index contributed by atoms with van der Waals surface area (Å²) in [5.41, 5.74) is 0. The number of rotatable bonds is 7. The molecule has 0 N–H and O–H groups in total. The maximum Gasteiger partial charge on any atom is 0.178 e. The molecule has 0 amide bonds. The van der Waals surface area contributed by atoms with Crippen molar-refractivity contribution >= 4 is 0 Å². The molecule has 0 unspecified atom stereocenters. The van der Waals surface area contributed by atoms with Gasteiger partial charge in [-0.1, -0.05) is 36.4 Å². The second kappa shape index (κ2) is 8.64. The van der Waals surface area contributed by atoms with Crippen molar-refractivity contribution in [2.24, 2.45) is 0 Å². The molecule has 0 heterocycles. The Bertz CT molecular complexity index is 982. The van der Waals surface area contributed by atoms with Gasteiger partial charge in [0.25, 0.3) is 0 Å². The first-order chi connectivity index (χ1) is 13.8. The van der Waals surface area contributed by atoms with Crippen LogP contribution in [0.2, 0.25) is 0 Å². The third-order valence-corrected chi connectivity index (χ3v) is 3.84. The Labute approximate surface area is 163 Å². The molecule has 0 saturated carbocycles. The molecule has 0 fully saturated rings. The monoisotopic (exact) mass is 370 g/mol. The minimum atomic E-state index is 0.586. The zero-order valence-electron chi connectivity index (χ0n) is 15.0. The third kappa shape index (κ3) is 4.83. The van der Waals surface area contributed by atoms with E-state index in [2.05, 4.69) is 0 Å². The lowest BCUT2D eigenvalue weighted by Crippen LogP contribution is -1.99. The topological polar surface area (TPSA) is 36.9 Å². The summed E-state index contributed by atoms with van der Waals surface area (Å²) >= 11 is 0. The highest BCUT2D eigenvalue weighted by molar-refractivity contribution is 5.39. The Balaban J connectivity index is 1.32. The Hall–Kier alpha value is -3.92. The van der Waals surface area contributed by atoms with Crippen LogP contribution in [-0.2, 0) is 0 Å². The Morgan fingerprint density at radius 3 is 1.00 bits per heavy atom. The van der Waals surface area contributed by atoms with Crippen molar-refractivity contribution in [3.63, 3.8) is 0 Å². The average molecular weight is 370 g/mol. The highest BCUT2D eigenvalue weighted by Crippen LogP contribution is 2.27. The molecule has 4 rings (SSSR count). The molecule has 4 nitrogen and oxygen atoms in total. The number of para-hydroxylation sites is 2. The zero-order chi connectivity index (χ0) is 19.0. The van der Waals surface area contributed by atoms with Gasteiger partial charge in [0, 0.05) is 0 Å². The van der Waals surface area contributed by atoms with Crippen LogP contribution in [0.15, 0.2) is 109 Å². The van der Waals surface area contributed by atoms with Crippen LogP contribution in [0.1, 0.15) is 0 Å². The summed E-state index contributed by atoms with van der Waals surface area (Å²) in [6.07, 6.45) is 0. The molecule has 0 aliphatic carbocycles. The molecule has 0 aromatic heterocycles. The molecular weight excluding hydrogens is 352 g/mol. The van der Waals surface area contributed by atoms with E-state index in [-0.39, 0.29) is 0 Å². The van der Waals surface area contributed by atoms with Gasteiger partial charge in [0.1, 0.15) is 23.0 Å². The van der Waals surface area contributed by atoms with E-state index in [1.54, 1.807) is 12.1 Å². The number of ether oxygens (including phenoxy) is 2. The number of hydrogen-bond donors (Lipinski definition) is 0. The van der Waals surface area contributed by atoms with E-state index in [0.717, 1.165) is 17.2 Å². The van der Waals surface area contributed by atoms with E-state index in [9.17, 15) is 0 Å². The first-order valence-electron chi connectivity index (χ1n) is 8.86. The van der Waals surface area contributed by atoms with E-state index in [1.165, 1.54) is 0 Å². The fourth-order valence-corrected chi connectivity index (χ4v) is 2.47. The molecule has 0 spiro atoms. The summed E-state index contributed by atoms with van der Waals surface area (Å²) < 4.78 is 11.6. The van der Waals surface area contributed by atoms with Crippen LogP contribution < -0.4 is 19.2 Å². The highest BCUT2D eigenvalue weighted by atomic mass is 17.2. The molecule has 4 aromatic carbocycles. The number of hydrogen-bond acceptors (Lipinski definition) is 4. The minimum absolute atomic E-state index is 0.586. The van der Waals surface area contributed by atoms with Crippen LogP contribution in [0.4, 0.5) is 0 Å². The summed E-state index contributed by atoms with van der Waals surface area (Å²) in [6, 6.07) is 33.6. The van der Waals surface area contributed by atoms with Crippen LogP contribution in [-0.4, -0.2) is 0 Å². The predicted octanol–water partition coefficient (Wildman–Crippen LogP) is 6.64. The van der Waals surface area contributed by atoms with Gasteiger partial charge >= 0.3 is 0 Å². The van der Waals surface area contributed by atoms with Crippen molar-refractivity contribution in [2.45, 2.75) is 0 Å². The standard InChI is InChI=1S/C24H18O4/c1-3-7-19(8-4-1)25-20-11-13-21(14-12-20)26-22-15-17-24(18-16-22)28-27-23-9-5-2-6-10-23/h1-18H. The minimum Gasteiger partial charge on any atom is -0.457 e. The van der Waals surface area contributed by atoms with Crippen LogP contribution in [0, 0.1) is 0 Å². The van der Waals surface area contributed by atoms with Gasteiger partial charge in [-0.25, -0.2) is 0 Å². The van der Waals surface area contributed by atoms with Gasteiger partial charge in [-0.2, -0.15) is 0 Å². The Kier molecular flexibility index (Phi) is 5.40. The van der Waals surface area contributed by atoms with E-state index in [1.807, 2.05) is 97.1 Å². The van der Waals surface area contributed by atoms with Crippen LogP contribution in [0.3, 0.4) is 0 Å². The second-order valence-electron chi connectivity index (χ2n) is 5.94. The maximum atomic E-state index is 5.85. The van der Waals surface area contributed by atoms with E-state index in [0.29, 0.717) is 17.2 Å². The highest BCUT2D eigenvalue weighted by Gasteiger charge is 2.02. The first-order valence-corrected chi connectivity index (χ1v) is 8.86. The predicted molar refractivity (Wildman–Crippen MR) is 107 cm³/mol. The van der Waals surface area contributed by atoms with Gasteiger partial charge in [0.05, 0.1) is 0 Å². The van der Waals surface area contributed by atoms with Crippen LogP contribution in [0.5, 0.6) is 34.5 Å². The first kappa shape index (κ1) is 17.5. The van der Waals surface area contributed by atoms with Gasteiger partial charge in [-0.3, -0.25) is 9.78 Å². The van der Waals surface area contributed by atoms with E-state index >= 15 is 0 Å². The van der Waals surface area contributed by atoms with E-state index < -0.39 is 0 Å². The fourth-order valence-electron chi connectivity index (χ4n) is 2.47. The fraction of sp³-hybridized carbons (Fsp3) is 0. The molecule has 138 valence electrons. The molecule has 4 heteroatoms. The molecule has 28 heavy (non-hydrogen) atoms. The van der Waals surface area contributed by atoms with Crippen molar-refractivity contribution in [1.29, 1.82) is 0 Å².